The number of phenolic OH excluding ortho intramolecular Hbond substituents is 1. The Morgan fingerprint density at radius 3 is 2.75 bits per heavy atom. The number of pyridine rings is 1. The Morgan fingerprint density at radius 1 is 1.22 bits per heavy atom. The number of nitrogens with zero attached hydrogens (tertiary/aromatic N) is 5. The number of hydrogen-bond donors (Lipinski definition) is 3. The van der Waals surface area contributed by atoms with Crippen molar-refractivity contribution in [3.05, 3.63) is 35.9 Å². The molecule has 1 aromatic carbocycles. The van der Waals surface area contributed by atoms with E-state index in [4.69, 9.17) is 0 Å². The van der Waals surface area contributed by atoms with Crippen molar-refractivity contribution in [1.82, 2.24) is 25.2 Å². The number of likely N-dealkylation sites (N-methyl/N-ethyl adjacent to an activating group) is 1. The first kappa shape index (κ1) is 22.1. The summed E-state index contributed by atoms with van der Waals surface area (Å²) in [4.78, 5) is 17.6. The summed E-state index contributed by atoms with van der Waals surface area (Å²) in [6.07, 6.45) is 0. The fourth-order valence-electron chi connectivity index (χ4n) is 3.78. The van der Waals surface area contributed by atoms with Gasteiger partial charge in [0.25, 0.3) is 0 Å². The maximum atomic E-state index is 15.2. The highest BCUT2D eigenvalue weighted by molar-refractivity contribution is 5.90. The second-order valence-corrected chi connectivity index (χ2v) is 8.17. The average molecular weight is 444 g/mol. The first-order valence-corrected chi connectivity index (χ1v) is 10.6. The quantitative estimate of drug-likeness (QED) is 0.535. The third kappa shape index (κ3) is 4.42. The SMILES string of the molecule is CC1CNCCN1c1nc(NCCN(C)C)nc2nc(-c3c(O)cccc3F)c(F)cc12. The van der Waals surface area contributed by atoms with E-state index in [9.17, 15) is 9.50 Å². The van der Waals surface area contributed by atoms with Crippen molar-refractivity contribution in [3.63, 3.8) is 0 Å². The molecule has 0 aliphatic carbocycles. The van der Waals surface area contributed by atoms with E-state index in [1.54, 1.807) is 0 Å². The molecule has 3 aromatic rings. The minimum absolute atomic E-state index is 0.134. The Labute approximate surface area is 185 Å². The maximum Gasteiger partial charge on any atom is 0.226 e. The van der Waals surface area contributed by atoms with Gasteiger partial charge in [-0.05, 0) is 39.2 Å². The highest BCUT2D eigenvalue weighted by Gasteiger charge is 2.25. The second kappa shape index (κ2) is 9.17. The molecule has 0 saturated carbocycles. The van der Waals surface area contributed by atoms with Gasteiger partial charge in [-0.2, -0.15) is 9.97 Å². The minimum Gasteiger partial charge on any atom is -0.507 e. The number of hydrogen-bond acceptors (Lipinski definition) is 8. The highest BCUT2D eigenvalue weighted by Crippen LogP contribution is 2.35. The van der Waals surface area contributed by atoms with Crippen LogP contribution in [0.3, 0.4) is 0 Å². The van der Waals surface area contributed by atoms with Gasteiger partial charge < -0.3 is 25.5 Å². The van der Waals surface area contributed by atoms with Crippen molar-refractivity contribution in [2.75, 3.05) is 57.0 Å². The summed E-state index contributed by atoms with van der Waals surface area (Å²) in [7, 11) is 3.93. The predicted octanol–water partition coefficient (Wildman–Crippen LogP) is 2.45. The lowest BCUT2D eigenvalue weighted by Crippen LogP contribution is -2.50. The number of anilines is 2. The summed E-state index contributed by atoms with van der Waals surface area (Å²) in [6, 6.07) is 5.21. The molecule has 32 heavy (non-hydrogen) atoms. The lowest BCUT2D eigenvalue weighted by atomic mass is 10.1. The van der Waals surface area contributed by atoms with Crippen molar-refractivity contribution in [2.45, 2.75) is 13.0 Å². The van der Waals surface area contributed by atoms with E-state index in [-0.39, 0.29) is 28.7 Å². The van der Waals surface area contributed by atoms with Gasteiger partial charge in [-0.25, -0.2) is 13.8 Å². The van der Waals surface area contributed by atoms with Gasteiger partial charge in [0.15, 0.2) is 11.5 Å². The van der Waals surface area contributed by atoms with E-state index in [1.165, 1.54) is 18.2 Å². The number of aromatic nitrogens is 3. The summed E-state index contributed by atoms with van der Waals surface area (Å²) in [5.74, 6) is -0.955. The molecular weight excluding hydrogens is 416 g/mol. The molecule has 0 spiro atoms. The number of rotatable bonds is 6. The topological polar surface area (TPSA) is 89.4 Å². The second-order valence-electron chi connectivity index (χ2n) is 8.17. The largest absolute Gasteiger partial charge is 0.507 e. The van der Waals surface area contributed by atoms with Gasteiger partial charge in [-0.3, -0.25) is 0 Å². The molecule has 1 fully saturated rings. The minimum atomic E-state index is -0.759. The van der Waals surface area contributed by atoms with E-state index in [0.29, 0.717) is 30.2 Å². The zero-order chi connectivity index (χ0) is 22.8. The normalized spacial score (nSPS) is 16.7. The molecule has 8 nitrogen and oxygen atoms in total. The molecule has 0 radical (unpaired) electrons. The molecule has 3 heterocycles. The van der Waals surface area contributed by atoms with Crippen LogP contribution >= 0.6 is 0 Å². The van der Waals surface area contributed by atoms with Crippen molar-refractivity contribution >= 4 is 22.8 Å². The average Bonchev–Trinajstić information content (AvgIpc) is 2.74. The molecular formula is C22H27F2N7O. The monoisotopic (exact) mass is 443 g/mol. The van der Waals surface area contributed by atoms with Crippen LogP contribution in [0.4, 0.5) is 20.5 Å². The highest BCUT2D eigenvalue weighted by atomic mass is 19.1. The van der Waals surface area contributed by atoms with Crippen molar-refractivity contribution < 1.29 is 13.9 Å². The number of halogens is 2. The Bertz CT molecular complexity index is 1100. The fourth-order valence-corrected chi connectivity index (χ4v) is 3.78. The third-order valence-electron chi connectivity index (χ3n) is 5.46. The van der Waals surface area contributed by atoms with Gasteiger partial charge in [-0.1, -0.05) is 6.07 Å². The number of fused-ring (bicyclic) bond motifs is 1. The Morgan fingerprint density at radius 2 is 2.03 bits per heavy atom. The zero-order valence-corrected chi connectivity index (χ0v) is 18.4. The van der Waals surface area contributed by atoms with Crippen LogP contribution in [-0.4, -0.2) is 77.8 Å². The summed E-state index contributed by atoms with van der Waals surface area (Å²) in [5, 5.41) is 17.1. The smallest absolute Gasteiger partial charge is 0.226 e. The van der Waals surface area contributed by atoms with Crippen LogP contribution in [0.25, 0.3) is 22.3 Å². The van der Waals surface area contributed by atoms with Crippen LogP contribution in [0.1, 0.15) is 6.92 Å². The van der Waals surface area contributed by atoms with E-state index in [2.05, 4.69) is 37.4 Å². The summed E-state index contributed by atoms with van der Waals surface area (Å²) >= 11 is 0. The number of phenols is 1. The van der Waals surface area contributed by atoms with Crippen LogP contribution in [0.15, 0.2) is 24.3 Å². The molecule has 10 heteroatoms. The van der Waals surface area contributed by atoms with Gasteiger partial charge in [0.1, 0.15) is 23.1 Å². The van der Waals surface area contributed by atoms with E-state index in [1.807, 2.05) is 19.0 Å². The molecule has 1 aliphatic rings. The zero-order valence-electron chi connectivity index (χ0n) is 18.4. The molecule has 1 atom stereocenters. The van der Waals surface area contributed by atoms with Crippen LogP contribution in [0.2, 0.25) is 0 Å². The molecule has 4 rings (SSSR count). The summed E-state index contributed by atoms with van der Waals surface area (Å²) < 4.78 is 29.6. The molecule has 1 unspecified atom stereocenters. The molecule has 3 N–H and O–H groups in total. The molecule has 1 aliphatic heterocycles. The lowest BCUT2D eigenvalue weighted by Gasteiger charge is -2.35. The van der Waals surface area contributed by atoms with Crippen LogP contribution in [-0.2, 0) is 0 Å². The Hall–Kier alpha value is -3.11. The van der Waals surface area contributed by atoms with Gasteiger partial charge >= 0.3 is 0 Å². The van der Waals surface area contributed by atoms with Gasteiger partial charge in [0.2, 0.25) is 5.95 Å². The number of nitrogens with one attached hydrogen (secondary N) is 2. The number of piperazine rings is 1. The van der Waals surface area contributed by atoms with Crippen LogP contribution in [0, 0.1) is 11.6 Å². The standard InChI is InChI=1S/C22H27F2N7O/c1-13-12-25-7-10-31(13)21-14-11-16(24)19(18-15(23)5-4-6-17(18)32)27-20(14)28-22(29-21)26-8-9-30(2)3/h4-6,11,13,25,32H,7-10,12H2,1-3H3,(H,26,27,28,29). The van der Waals surface area contributed by atoms with Crippen LogP contribution in [0.5, 0.6) is 5.75 Å². The summed E-state index contributed by atoms with van der Waals surface area (Å²) in [6.45, 7) is 5.68. The fraction of sp³-hybridized carbons (Fsp3) is 0.409. The molecule has 0 bridgehead atoms. The van der Waals surface area contributed by atoms with Crippen molar-refractivity contribution in [3.8, 4) is 17.0 Å². The van der Waals surface area contributed by atoms with E-state index < -0.39 is 11.6 Å². The van der Waals surface area contributed by atoms with Crippen molar-refractivity contribution in [2.24, 2.45) is 0 Å². The molecule has 1 saturated heterocycles. The Balaban J connectivity index is 1.86. The molecule has 0 amide bonds. The van der Waals surface area contributed by atoms with Gasteiger partial charge in [-0.15, -0.1) is 0 Å². The molecule has 170 valence electrons. The predicted molar refractivity (Wildman–Crippen MR) is 121 cm³/mol. The molecule has 2 aromatic heterocycles. The van der Waals surface area contributed by atoms with Crippen molar-refractivity contribution in [1.29, 1.82) is 0 Å². The first-order chi connectivity index (χ1) is 15.3. The lowest BCUT2D eigenvalue weighted by molar-refractivity contribution is 0.425. The number of aromatic hydroxyl groups is 1. The van der Waals surface area contributed by atoms with E-state index in [0.717, 1.165) is 25.7 Å². The first-order valence-electron chi connectivity index (χ1n) is 10.6. The number of benzene rings is 1. The van der Waals surface area contributed by atoms with Gasteiger partial charge in [0, 0.05) is 38.8 Å². The summed E-state index contributed by atoms with van der Waals surface area (Å²) in [5.41, 5.74) is -0.345. The van der Waals surface area contributed by atoms with Crippen LogP contribution < -0.4 is 15.5 Å². The maximum absolute atomic E-state index is 15.2. The third-order valence-corrected chi connectivity index (χ3v) is 5.46. The van der Waals surface area contributed by atoms with Gasteiger partial charge in [0.05, 0.1) is 10.9 Å². The van der Waals surface area contributed by atoms with E-state index >= 15 is 4.39 Å². The Kier molecular flexibility index (Phi) is 6.33.